The lowest BCUT2D eigenvalue weighted by Crippen LogP contribution is -2.49. The highest BCUT2D eigenvalue weighted by atomic mass is 32.1. The highest BCUT2D eigenvalue weighted by molar-refractivity contribution is 7.80. The van der Waals surface area contributed by atoms with Crippen molar-refractivity contribution in [2.45, 2.75) is 0 Å². The number of anilines is 1. The van der Waals surface area contributed by atoms with E-state index in [9.17, 15) is 10.1 Å². The lowest BCUT2D eigenvalue weighted by atomic mass is 10.2. The number of piperazine rings is 1. The number of aromatic nitrogens is 1. The van der Waals surface area contributed by atoms with Crippen molar-refractivity contribution < 1.29 is 4.92 Å². The maximum absolute atomic E-state index is 10.9. The van der Waals surface area contributed by atoms with Crippen molar-refractivity contribution in [3.8, 4) is 0 Å². The molecule has 1 aliphatic heterocycles. The van der Waals surface area contributed by atoms with E-state index in [-0.39, 0.29) is 5.69 Å². The van der Waals surface area contributed by atoms with Crippen molar-refractivity contribution in [1.29, 1.82) is 0 Å². The molecule has 0 unspecified atom stereocenters. The van der Waals surface area contributed by atoms with E-state index in [4.69, 9.17) is 12.2 Å². The lowest BCUT2D eigenvalue weighted by molar-refractivity contribution is -0.384. The van der Waals surface area contributed by atoms with Crippen LogP contribution in [0.15, 0.2) is 54.6 Å². The quantitative estimate of drug-likeness (QED) is 0.362. The Labute approximate surface area is 183 Å². The zero-order valence-electron chi connectivity index (χ0n) is 16.2. The molecule has 0 bridgehead atoms. The van der Waals surface area contributed by atoms with Crippen molar-refractivity contribution in [3.05, 3.63) is 70.3 Å². The van der Waals surface area contributed by atoms with E-state index in [1.165, 1.54) is 23.0 Å². The average Bonchev–Trinajstić information content (AvgIpc) is 3.16. The molecule has 0 aliphatic carbocycles. The van der Waals surface area contributed by atoms with Gasteiger partial charge >= 0.3 is 0 Å². The zero-order valence-corrected chi connectivity index (χ0v) is 17.9. The summed E-state index contributed by atoms with van der Waals surface area (Å²) in [6.45, 7) is 4.49. The van der Waals surface area contributed by atoms with Crippen LogP contribution in [0.1, 0.15) is 5.56 Å². The summed E-state index contributed by atoms with van der Waals surface area (Å²) >= 11 is 6.93. The van der Waals surface area contributed by atoms with Crippen LogP contribution in [0, 0.1) is 10.1 Å². The van der Waals surface area contributed by atoms with Crippen molar-refractivity contribution in [2.75, 3.05) is 38.0 Å². The Kier molecular flexibility index (Phi) is 6.32. The Morgan fingerprint density at radius 1 is 1.20 bits per heavy atom. The molecule has 1 fully saturated rings. The SMILES string of the molecule is O=[N+]([O-])c1ccc2nc(NC(=S)N3CCN(CC=Cc4ccccc4)CC3)sc2c1. The molecule has 7 nitrogen and oxygen atoms in total. The molecule has 0 radical (unpaired) electrons. The van der Waals surface area contributed by atoms with E-state index in [2.05, 4.69) is 44.4 Å². The minimum Gasteiger partial charge on any atom is -0.346 e. The van der Waals surface area contributed by atoms with Gasteiger partial charge in [-0.25, -0.2) is 4.98 Å². The van der Waals surface area contributed by atoms with E-state index in [1.54, 1.807) is 12.1 Å². The molecular formula is C21H21N5O2S2. The van der Waals surface area contributed by atoms with Gasteiger partial charge in [0.05, 0.1) is 15.1 Å². The molecule has 3 aromatic rings. The maximum Gasteiger partial charge on any atom is 0.270 e. The van der Waals surface area contributed by atoms with E-state index < -0.39 is 4.92 Å². The number of thiazole rings is 1. The van der Waals surface area contributed by atoms with Crippen LogP contribution in [0.4, 0.5) is 10.8 Å². The number of thiocarbonyl (C=S) groups is 1. The number of nitrogens with zero attached hydrogens (tertiary/aromatic N) is 4. The Balaban J connectivity index is 1.28. The minimum atomic E-state index is -0.397. The summed E-state index contributed by atoms with van der Waals surface area (Å²) in [6.07, 6.45) is 4.35. The molecule has 0 saturated carbocycles. The smallest absolute Gasteiger partial charge is 0.270 e. The standard InChI is InChI=1S/C21H21N5O2S2/c27-26(28)17-8-9-18-19(15-17)30-20(22-18)23-21(29)25-13-11-24(12-14-25)10-4-7-16-5-2-1-3-6-16/h1-9,15H,10-14H2,(H,22,23,29). The topological polar surface area (TPSA) is 74.5 Å². The first-order valence-corrected chi connectivity index (χ1v) is 10.9. The van der Waals surface area contributed by atoms with Crippen LogP contribution in [-0.2, 0) is 0 Å². The average molecular weight is 440 g/mol. The molecule has 1 aliphatic rings. The predicted octanol–water partition coefficient (Wildman–Crippen LogP) is 4.23. The van der Waals surface area contributed by atoms with Crippen LogP contribution < -0.4 is 5.32 Å². The zero-order chi connectivity index (χ0) is 20.9. The van der Waals surface area contributed by atoms with E-state index in [1.807, 2.05) is 18.2 Å². The van der Waals surface area contributed by atoms with Gasteiger partial charge in [-0.05, 0) is 23.8 Å². The summed E-state index contributed by atoms with van der Waals surface area (Å²) in [5, 5.41) is 15.4. The van der Waals surface area contributed by atoms with Gasteiger partial charge in [-0.3, -0.25) is 15.0 Å². The van der Waals surface area contributed by atoms with Crippen LogP contribution in [0.5, 0.6) is 0 Å². The fourth-order valence-electron chi connectivity index (χ4n) is 3.29. The largest absolute Gasteiger partial charge is 0.346 e. The molecule has 30 heavy (non-hydrogen) atoms. The second kappa shape index (κ2) is 9.29. The molecule has 1 aromatic heterocycles. The third-order valence-electron chi connectivity index (χ3n) is 4.93. The molecule has 0 spiro atoms. The Morgan fingerprint density at radius 3 is 2.70 bits per heavy atom. The molecule has 4 rings (SSSR count). The minimum absolute atomic E-state index is 0.0673. The third kappa shape index (κ3) is 4.99. The number of nitro groups is 1. The first-order valence-electron chi connectivity index (χ1n) is 9.63. The fourth-order valence-corrected chi connectivity index (χ4v) is 4.53. The summed E-state index contributed by atoms with van der Waals surface area (Å²) in [6, 6.07) is 15.0. The van der Waals surface area contributed by atoms with Crippen LogP contribution in [0.25, 0.3) is 16.3 Å². The Bertz CT molecular complexity index is 1080. The molecule has 0 atom stereocenters. The summed E-state index contributed by atoms with van der Waals surface area (Å²) in [5.74, 6) is 0. The highest BCUT2D eigenvalue weighted by Gasteiger charge is 2.19. The van der Waals surface area contributed by atoms with E-state index in [0.717, 1.165) is 42.9 Å². The monoisotopic (exact) mass is 439 g/mol. The van der Waals surface area contributed by atoms with Gasteiger partial charge in [0.25, 0.3) is 5.69 Å². The number of non-ortho nitro benzene ring substituents is 1. The highest BCUT2D eigenvalue weighted by Crippen LogP contribution is 2.29. The second-order valence-electron chi connectivity index (χ2n) is 6.96. The second-order valence-corrected chi connectivity index (χ2v) is 8.38. The molecule has 2 heterocycles. The van der Waals surface area contributed by atoms with Gasteiger partial charge in [-0.2, -0.15) is 0 Å². The number of hydrogen-bond acceptors (Lipinski definition) is 6. The van der Waals surface area contributed by atoms with Crippen molar-refractivity contribution in [1.82, 2.24) is 14.8 Å². The van der Waals surface area contributed by atoms with Crippen LogP contribution in [0.3, 0.4) is 0 Å². The van der Waals surface area contributed by atoms with Crippen molar-refractivity contribution >= 4 is 55.8 Å². The van der Waals surface area contributed by atoms with Crippen LogP contribution in [-0.4, -0.2) is 57.5 Å². The first kappa shape index (κ1) is 20.4. The molecule has 1 N–H and O–H groups in total. The normalized spacial score (nSPS) is 15.0. The molecular weight excluding hydrogens is 418 g/mol. The van der Waals surface area contributed by atoms with Crippen LogP contribution >= 0.6 is 23.6 Å². The molecule has 1 saturated heterocycles. The van der Waals surface area contributed by atoms with Gasteiger partial charge in [0.1, 0.15) is 0 Å². The fraction of sp³-hybridized carbons (Fsp3) is 0.238. The Hall–Kier alpha value is -2.88. The first-order chi connectivity index (χ1) is 14.6. The van der Waals surface area contributed by atoms with Crippen LogP contribution in [0.2, 0.25) is 0 Å². The van der Waals surface area contributed by atoms with Gasteiger partial charge in [0.2, 0.25) is 0 Å². The van der Waals surface area contributed by atoms with Gasteiger partial charge in [0, 0.05) is 44.9 Å². The maximum atomic E-state index is 10.9. The van der Waals surface area contributed by atoms with Gasteiger partial charge in [0.15, 0.2) is 10.2 Å². The lowest BCUT2D eigenvalue weighted by Gasteiger charge is -2.35. The van der Waals surface area contributed by atoms with E-state index in [0.29, 0.717) is 10.2 Å². The summed E-state index contributed by atoms with van der Waals surface area (Å²) < 4.78 is 0.768. The van der Waals surface area contributed by atoms with Gasteiger partial charge < -0.3 is 10.2 Å². The summed E-state index contributed by atoms with van der Waals surface area (Å²) in [5.41, 5.74) is 2.01. The number of hydrogen-bond donors (Lipinski definition) is 1. The summed E-state index contributed by atoms with van der Waals surface area (Å²) in [7, 11) is 0. The molecule has 154 valence electrons. The van der Waals surface area contributed by atoms with Gasteiger partial charge in [-0.1, -0.05) is 53.8 Å². The van der Waals surface area contributed by atoms with E-state index >= 15 is 0 Å². The van der Waals surface area contributed by atoms with Crippen molar-refractivity contribution in [3.63, 3.8) is 0 Å². The molecule has 0 amide bonds. The van der Waals surface area contributed by atoms with Crippen molar-refractivity contribution in [2.24, 2.45) is 0 Å². The number of nitro benzene ring substituents is 1. The Morgan fingerprint density at radius 2 is 1.97 bits per heavy atom. The number of nitrogens with one attached hydrogen (secondary N) is 1. The summed E-state index contributed by atoms with van der Waals surface area (Å²) in [4.78, 5) is 19.6. The third-order valence-corrected chi connectivity index (χ3v) is 6.22. The predicted molar refractivity (Wildman–Crippen MR) is 126 cm³/mol. The number of fused-ring (bicyclic) bond motifs is 1. The molecule has 9 heteroatoms. The molecule has 2 aromatic carbocycles. The van der Waals surface area contributed by atoms with Gasteiger partial charge in [-0.15, -0.1) is 0 Å². The number of rotatable bonds is 5. The number of benzene rings is 2.